The van der Waals surface area contributed by atoms with Crippen molar-refractivity contribution in [3.05, 3.63) is 34.6 Å². The lowest BCUT2D eigenvalue weighted by atomic mass is 9.88. The van der Waals surface area contributed by atoms with E-state index in [1.165, 1.54) is 6.07 Å². The SMILES string of the molecule is CC1(C)CC1(CN)c1cc(F)cc(Cl)c1. The van der Waals surface area contributed by atoms with Crippen LogP contribution in [-0.4, -0.2) is 6.54 Å². The van der Waals surface area contributed by atoms with Crippen LogP contribution in [0.25, 0.3) is 0 Å². The molecule has 82 valence electrons. The van der Waals surface area contributed by atoms with Crippen molar-refractivity contribution < 1.29 is 4.39 Å². The van der Waals surface area contributed by atoms with Gasteiger partial charge in [-0.15, -0.1) is 0 Å². The highest BCUT2D eigenvalue weighted by Crippen LogP contribution is 2.63. The fourth-order valence-corrected chi connectivity index (χ4v) is 2.72. The van der Waals surface area contributed by atoms with Crippen molar-refractivity contribution in [2.75, 3.05) is 6.54 Å². The lowest BCUT2D eigenvalue weighted by molar-refractivity contribution is 0.499. The lowest BCUT2D eigenvalue weighted by Crippen LogP contribution is -2.25. The van der Waals surface area contributed by atoms with E-state index in [1.54, 1.807) is 6.07 Å². The van der Waals surface area contributed by atoms with Crippen LogP contribution in [0.2, 0.25) is 5.02 Å². The molecule has 0 heterocycles. The zero-order valence-corrected chi connectivity index (χ0v) is 9.74. The molecule has 1 saturated carbocycles. The molecule has 1 fully saturated rings. The zero-order valence-electron chi connectivity index (χ0n) is 8.98. The molecule has 2 N–H and O–H groups in total. The average molecular weight is 228 g/mol. The predicted octanol–water partition coefficient (Wildman–Crippen LogP) is 3.11. The van der Waals surface area contributed by atoms with E-state index in [0.717, 1.165) is 12.0 Å². The maximum Gasteiger partial charge on any atom is 0.124 e. The Morgan fingerprint density at radius 3 is 2.40 bits per heavy atom. The maximum absolute atomic E-state index is 13.2. The quantitative estimate of drug-likeness (QED) is 0.826. The number of hydrogen-bond donors (Lipinski definition) is 1. The standard InChI is InChI=1S/C12H15ClFN/c1-11(2)6-12(11,7-15)8-3-9(13)5-10(14)4-8/h3-5H,6-7,15H2,1-2H3. The Bertz CT molecular complexity index is 382. The first-order valence-electron chi connectivity index (χ1n) is 5.08. The largest absolute Gasteiger partial charge is 0.330 e. The Kier molecular flexibility index (Phi) is 2.32. The molecule has 15 heavy (non-hydrogen) atoms. The Balaban J connectivity index is 2.46. The molecule has 0 saturated heterocycles. The minimum Gasteiger partial charge on any atom is -0.330 e. The molecule has 0 aliphatic heterocycles. The summed E-state index contributed by atoms with van der Waals surface area (Å²) in [6, 6.07) is 4.70. The number of hydrogen-bond acceptors (Lipinski definition) is 1. The van der Waals surface area contributed by atoms with E-state index in [9.17, 15) is 4.39 Å². The van der Waals surface area contributed by atoms with Crippen molar-refractivity contribution in [2.24, 2.45) is 11.1 Å². The van der Waals surface area contributed by atoms with Crippen LogP contribution in [0.4, 0.5) is 4.39 Å². The normalized spacial score (nSPS) is 27.8. The number of benzene rings is 1. The van der Waals surface area contributed by atoms with E-state index in [2.05, 4.69) is 13.8 Å². The van der Waals surface area contributed by atoms with Gasteiger partial charge < -0.3 is 5.73 Å². The summed E-state index contributed by atoms with van der Waals surface area (Å²) in [4.78, 5) is 0. The monoisotopic (exact) mass is 227 g/mol. The van der Waals surface area contributed by atoms with Crippen LogP contribution in [0.5, 0.6) is 0 Å². The predicted molar refractivity (Wildman–Crippen MR) is 60.5 cm³/mol. The Labute approximate surface area is 94.4 Å². The van der Waals surface area contributed by atoms with Gasteiger partial charge in [0.05, 0.1) is 0 Å². The van der Waals surface area contributed by atoms with Crippen LogP contribution in [0.1, 0.15) is 25.8 Å². The first-order valence-corrected chi connectivity index (χ1v) is 5.46. The van der Waals surface area contributed by atoms with Gasteiger partial charge in [0.1, 0.15) is 5.82 Å². The molecule has 1 aromatic carbocycles. The molecule has 0 radical (unpaired) electrons. The molecule has 0 amide bonds. The van der Waals surface area contributed by atoms with Crippen LogP contribution in [0, 0.1) is 11.2 Å². The molecule has 1 unspecified atom stereocenters. The second-order valence-electron chi connectivity index (χ2n) is 5.01. The lowest BCUT2D eigenvalue weighted by Gasteiger charge is -2.19. The van der Waals surface area contributed by atoms with Crippen molar-refractivity contribution in [1.82, 2.24) is 0 Å². The summed E-state index contributed by atoms with van der Waals surface area (Å²) in [5, 5.41) is 0.445. The molecule has 1 atom stereocenters. The molecule has 1 aliphatic carbocycles. The molecular formula is C12H15ClFN. The minimum atomic E-state index is -0.284. The number of rotatable bonds is 2. The summed E-state index contributed by atoms with van der Waals surface area (Å²) in [6.45, 7) is 4.84. The maximum atomic E-state index is 13.2. The second kappa shape index (κ2) is 3.19. The Hall–Kier alpha value is -0.600. The molecule has 3 heteroatoms. The first kappa shape index (κ1) is 10.9. The topological polar surface area (TPSA) is 26.0 Å². The first-order chi connectivity index (χ1) is 6.91. The van der Waals surface area contributed by atoms with Crippen LogP contribution in [0.15, 0.2) is 18.2 Å². The highest BCUT2D eigenvalue weighted by atomic mass is 35.5. The smallest absolute Gasteiger partial charge is 0.124 e. The average Bonchev–Trinajstić information content (AvgIpc) is 2.68. The van der Waals surface area contributed by atoms with Crippen LogP contribution in [0.3, 0.4) is 0 Å². The third kappa shape index (κ3) is 1.56. The van der Waals surface area contributed by atoms with Gasteiger partial charge in [0.2, 0.25) is 0 Å². The van der Waals surface area contributed by atoms with Gasteiger partial charge in [-0.25, -0.2) is 4.39 Å². The Morgan fingerprint density at radius 2 is 2.00 bits per heavy atom. The summed E-state index contributed by atoms with van der Waals surface area (Å²) < 4.78 is 13.2. The summed E-state index contributed by atoms with van der Waals surface area (Å²) >= 11 is 5.85. The fraction of sp³-hybridized carbons (Fsp3) is 0.500. The van der Waals surface area contributed by atoms with E-state index < -0.39 is 0 Å². The molecule has 1 aromatic rings. The van der Waals surface area contributed by atoms with Gasteiger partial charge in [-0.1, -0.05) is 25.4 Å². The van der Waals surface area contributed by atoms with E-state index in [-0.39, 0.29) is 16.6 Å². The van der Waals surface area contributed by atoms with Crippen LogP contribution < -0.4 is 5.73 Å². The summed E-state index contributed by atoms with van der Waals surface area (Å²) in [5.41, 5.74) is 6.81. The number of halogens is 2. The molecule has 1 nitrogen and oxygen atoms in total. The van der Waals surface area contributed by atoms with Gasteiger partial charge in [-0.05, 0) is 35.6 Å². The molecule has 1 aliphatic rings. The van der Waals surface area contributed by atoms with Gasteiger partial charge in [-0.2, -0.15) is 0 Å². The van der Waals surface area contributed by atoms with E-state index in [4.69, 9.17) is 17.3 Å². The third-order valence-corrected chi connectivity index (χ3v) is 3.90. The highest BCUT2D eigenvalue weighted by Gasteiger charge is 2.61. The third-order valence-electron chi connectivity index (χ3n) is 3.68. The van der Waals surface area contributed by atoms with E-state index in [0.29, 0.717) is 11.6 Å². The van der Waals surface area contributed by atoms with Gasteiger partial charge in [-0.3, -0.25) is 0 Å². The summed E-state index contributed by atoms with van der Waals surface area (Å²) in [5.74, 6) is -0.284. The highest BCUT2D eigenvalue weighted by molar-refractivity contribution is 6.30. The molecule has 2 rings (SSSR count). The van der Waals surface area contributed by atoms with Crippen molar-refractivity contribution in [2.45, 2.75) is 25.7 Å². The molecule has 0 bridgehead atoms. The van der Waals surface area contributed by atoms with Crippen molar-refractivity contribution >= 4 is 11.6 Å². The Morgan fingerprint density at radius 1 is 1.40 bits per heavy atom. The van der Waals surface area contributed by atoms with Gasteiger partial charge in [0.15, 0.2) is 0 Å². The van der Waals surface area contributed by atoms with Crippen molar-refractivity contribution in [3.63, 3.8) is 0 Å². The van der Waals surface area contributed by atoms with Gasteiger partial charge in [0, 0.05) is 17.0 Å². The number of nitrogens with two attached hydrogens (primary N) is 1. The zero-order chi connectivity index (χ0) is 11.3. The minimum absolute atomic E-state index is 0.0846. The molecule has 0 aromatic heterocycles. The van der Waals surface area contributed by atoms with Crippen molar-refractivity contribution in [3.8, 4) is 0 Å². The fourth-order valence-electron chi connectivity index (χ4n) is 2.50. The van der Waals surface area contributed by atoms with E-state index >= 15 is 0 Å². The summed E-state index contributed by atoms with van der Waals surface area (Å²) in [6.07, 6.45) is 0.996. The summed E-state index contributed by atoms with van der Waals surface area (Å²) in [7, 11) is 0. The van der Waals surface area contributed by atoms with E-state index in [1.807, 2.05) is 6.07 Å². The van der Waals surface area contributed by atoms with Crippen LogP contribution >= 0.6 is 11.6 Å². The van der Waals surface area contributed by atoms with Crippen LogP contribution in [-0.2, 0) is 5.41 Å². The van der Waals surface area contributed by atoms with Crippen molar-refractivity contribution in [1.29, 1.82) is 0 Å². The molecule has 0 spiro atoms. The van der Waals surface area contributed by atoms with Gasteiger partial charge >= 0.3 is 0 Å². The second-order valence-corrected chi connectivity index (χ2v) is 5.44. The van der Waals surface area contributed by atoms with Gasteiger partial charge in [0.25, 0.3) is 0 Å². The molecular weight excluding hydrogens is 213 g/mol.